The topological polar surface area (TPSA) is 37.3 Å². The lowest BCUT2D eigenvalue weighted by Crippen LogP contribution is -2.28. The molecule has 0 saturated heterocycles. The van der Waals surface area contributed by atoms with Gasteiger partial charge in [-0.15, -0.1) is 0 Å². The van der Waals surface area contributed by atoms with E-state index >= 15 is 0 Å². The summed E-state index contributed by atoms with van der Waals surface area (Å²) < 4.78 is 2.26. The molecule has 12 rings (SSSR count). The van der Waals surface area contributed by atoms with Crippen molar-refractivity contribution < 1.29 is 0 Å². The van der Waals surface area contributed by atoms with Crippen LogP contribution in [0.1, 0.15) is 0 Å². The molecule has 294 valence electrons. The Balaban J connectivity index is 1.27. The number of nitrogens with zero attached hydrogens (tertiary/aromatic N) is 8. The molecule has 0 radical (unpaired) electrons. The standard InChI is InChI=1S/C53H42N8/c1-55-39-21-7-13-27-45(39)59(46-28-14-8-22-40(46)55)35-33-36(53-54-37-19-5-6-20-38(37)58(53)4)52(61-49-31-17-11-25-43(49)57(3)44-26-12-18-32-50(44)61)51(34-35)60-47-29-15-9-23-41(47)56(2)42-24-10-16-30-48(42)60/h5-34H,1-4H3. The maximum absolute atomic E-state index is 5.51. The molecular weight excluding hydrogens is 749 g/mol. The van der Waals surface area contributed by atoms with Crippen LogP contribution in [-0.2, 0) is 7.05 Å². The Bertz CT molecular complexity index is 3080. The van der Waals surface area contributed by atoms with Gasteiger partial charge in [-0.1, -0.05) is 84.9 Å². The van der Waals surface area contributed by atoms with Crippen molar-refractivity contribution in [2.45, 2.75) is 0 Å². The summed E-state index contributed by atoms with van der Waals surface area (Å²) in [6.07, 6.45) is 0. The molecule has 0 spiro atoms. The molecule has 8 aromatic carbocycles. The Morgan fingerprint density at radius 2 is 0.672 bits per heavy atom. The van der Waals surface area contributed by atoms with Gasteiger partial charge in [-0.25, -0.2) is 4.98 Å². The molecular formula is C53H42N8. The van der Waals surface area contributed by atoms with Gasteiger partial charge < -0.3 is 34.0 Å². The van der Waals surface area contributed by atoms with E-state index in [9.17, 15) is 0 Å². The van der Waals surface area contributed by atoms with Gasteiger partial charge in [0.25, 0.3) is 0 Å². The van der Waals surface area contributed by atoms with E-state index in [1.165, 1.54) is 0 Å². The second-order valence-electron chi connectivity index (χ2n) is 16.0. The SMILES string of the molecule is CN1c2ccccc2N(c2cc(-c3nc4ccccc4n3C)c(N3c4ccccc4N(C)c4ccccc43)c(N3c4ccccc4N(C)c4ccccc43)c2)c2ccccc21. The summed E-state index contributed by atoms with van der Waals surface area (Å²) in [5, 5.41) is 0. The zero-order valence-corrected chi connectivity index (χ0v) is 34.4. The Hall–Kier alpha value is -7.97. The number of anilines is 15. The first kappa shape index (κ1) is 35.0. The van der Waals surface area contributed by atoms with Crippen LogP contribution < -0.4 is 29.4 Å². The van der Waals surface area contributed by atoms with Crippen molar-refractivity contribution in [3.63, 3.8) is 0 Å². The molecule has 0 fully saturated rings. The highest BCUT2D eigenvalue weighted by atomic mass is 15.3. The summed E-state index contributed by atoms with van der Waals surface area (Å²) >= 11 is 0. The Labute approximate surface area is 355 Å². The largest absolute Gasteiger partial charge is 0.341 e. The third kappa shape index (κ3) is 5.02. The van der Waals surface area contributed by atoms with Crippen LogP contribution in [-0.4, -0.2) is 30.7 Å². The predicted molar refractivity (Wildman–Crippen MR) is 254 cm³/mol. The third-order valence-electron chi connectivity index (χ3n) is 12.7. The first-order chi connectivity index (χ1) is 30.0. The summed E-state index contributed by atoms with van der Waals surface area (Å²) in [4.78, 5) is 19.8. The quantitative estimate of drug-likeness (QED) is 0.176. The van der Waals surface area contributed by atoms with E-state index in [1.54, 1.807) is 0 Å². The van der Waals surface area contributed by atoms with E-state index in [-0.39, 0.29) is 0 Å². The van der Waals surface area contributed by atoms with Crippen molar-refractivity contribution in [1.29, 1.82) is 0 Å². The van der Waals surface area contributed by atoms with Gasteiger partial charge in [-0.05, 0) is 97.1 Å². The zero-order chi connectivity index (χ0) is 40.9. The van der Waals surface area contributed by atoms with E-state index < -0.39 is 0 Å². The summed E-state index contributed by atoms with van der Waals surface area (Å²) in [7, 11) is 8.64. The minimum atomic E-state index is 0.875. The van der Waals surface area contributed by atoms with E-state index in [0.29, 0.717) is 0 Å². The van der Waals surface area contributed by atoms with Crippen molar-refractivity contribution in [3.05, 3.63) is 182 Å². The number of benzene rings is 8. The highest BCUT2D eigenvalue weighted by molar-refractivity contribution is 6.10. The van der Waals surface area contributed by atoms with Gasteiger partial charge in [-0.2, -0.15) is 0 Å². The fraction of sp³-hybridized carbons (Fsp3) is 0.0755. The van der Waals surface area contributed by atoms with Gasteiger partial charge in [0.1, 0.15) is 5.82 Å². The number of hydrogen-bond acceptors (Lipinski definition) is 7. The number of rotatable bonds is 4. The molecule has 8 nitrogen and oxygen atoms in total. The average Bonchev–Trinajstić information content (AvgIpc) is 3.65. The molecule has 0 saturated carbocycles. The van der Waals surface area contributed by atoms with Gasteiger partial charge in [-0.3, -0.25) is 0 Å². The first-order valence-corrected chi connectivity index (χ1v) is 20.7. The Morgan fingerprint density at radius 3 is 1.08 bits per heavy atom. The smallest absolute Gasteiger partial charge is 0.143 e. The minimum Gasteiger partial charge on any atom is -0.341 e. The normalized spacial score (nSPS) is 13.7. The molecule has 8 heteroatoms. The number of imidazole rings is 1. The molecule has 3 aliphatic heterocycles. The van der Waals surface area contributed by atoms with E-state index in [4.69, 9.17) is 4.98 Å². The second-order valence-corrected chi connectivity index (χ2v) is 16.0. The maximum atomic E-state index is 5.51. The lowest BCUT2D eigenvalue weighted by molar-refractivity contribution is 0.958. The second kappa shape index (κ2) is 13.3. The van der Waals surface area contributed by atoms with Gasteiger partial charge in [0.2, 0.25) is 0 Å². The van der Waals surface area contributed by atoms with E-state index in [2.05, 4.69) is 244 Å². The summed E-state index contributed by atoms with van der Waals surface area (Å²) in [5.74, 6) is 0.875. The molecule has 0 N–H and O–H groups in total. The van der Waals surface area contributed by atoms with Gasteiger partial charge in [0.05, 0.1) is 90.7 Å². The van der Waals surface area contributed by atoms with Crippen LogP contribution in [0.4, 0.5) is 85.3 Å². The van der Waals surface area contributed by atoms with Crippen LogP contribution in [0, 0.1) is 0 Å². The maximum Gasteiger partial charge on any atom is 0.143 e. The summed E-state index contributed by atoms with van der Waals surface area (Å²) in [6.45, 7) is 0. The van der Waals surface area contributed by atoms with Crippen molar-refractivity contribution in [2.75, 3.05) is 50.5 Å². The summed E-state index contributed by atoms with van der Waals surface area (Å²) in [6, 6.07) is 65.7. The predicted octanol–water partition coefficient (Wildman–Crippen LogP) is 13.9. The zero-order valence-electron chi connectivity index (χ0n) is 34.4. The van der Waals surface area contributed by atoms with Crippen LogP contribution in [0.15, 0.2) is 182 Å². The van der Waals surface area contributed by atoms with Crippen LogP contribution in [0.25, 0.3) is 22.4 Å². The van der Waals surface area contributed by atoms with Crippen LogP contribution >= 0.6 is 0 Å². The molecule has 4 heterocycles. The van der Waals surface area contributed by atoms with Crippen molar-refractivity contribution >= 4 is 96.3 Å². The molecule has 0 amide bonds. The molecule has 3 aliphatic rings. The molecule has 1 aromatic heterocycles. The van der Waals surface area contributed by atoms with Crippen LogP contribution in [0.3, 0.4) is 0 Å². The van der Waals surface area contributed by atoms with Gasteiger partial charge in [0, 0.05) is 39.4 Å². The number of fused-ring (bicyclic) bond motifs is 7. The lowest BCUT2D eigenvalue weighted by atomic mass is 9.98. The van der Waals surface area contributed by atoms with Crippen LogP contribution in [0.5, 0.6) is 0 Å². The third-order valence-corrected chi connectivity index (χ3v) is 12.7. The highest BCUT2D eigenvalue weighted by Crippen LogP contribution is 2.61. The van der Waals surface area contributed by atoms with Gasteiger partial charge >= 0.3 is 0 Å². The first-order valence-electron chi connectivity index (χ1n) is 20.7. The number of hydrogen-bond donors (Lipinski definition) is 0. The lowest BCUT2D eigenvalue weighted by Gasteiger charge is -2.44. The van der Waals surface area contributed by atoms with E-state index in [0.717, 1.165) is 108 Å². The monoisotopic (exact) mass is 790 g/mol. The number of aryl methyl sites for hydroxylation is 1. The molecule has 9 aromatic rings. The van der Waals surface area contributed by atoms with Crippen molar-refractivity contribution in [1.82, 2.24) is 9.55 Å². The number of aromatic nitrogens is 2. The molecule has 0 unspecified atom stereocenters. The molecule has 0 aliphatic carbocycles. The average molecular weight is 791 g/mol. The van der Waals surface area contributed by atoms with Crippen molar-refractivity contribution in [3.8, 4) is 11.4 Å². The van der Waals surface area contributed by atoms with Crippen LogP contribution in [0.2, 0.25) is 0 Å². The Kier molecular flexibility index (Phi) is 7.62. The Morgan fingerprint density at radius 1 is 0.328 bits per heavy atom. The minimum absolute atomic E-state index is 0.875. The number of para-hydroxylation sites is 14. The molecule has 0 bridgehead atoms. The molecule has 0 atom stereocenters. The van der Waals surface area contributed by atoms with E-state index in [1.807, 2.05) is 0 Å². The van der Waals surface area contributed by atoms with Gasteiger partial charge in [0.15, 0.2) is 0 Å². The fourth-order valence-electron chi connectivity index (χ4n) is 9.87. The fourth-order valence-corrected chi connectivity index (χ4v) is 9.87. The highest BCUT2D eigenvalue weighted by Gasteiger charge is 2.38. The summed E-state index contributed by atoms with van der Waals surface area (Å²) in [5.41, 5.74) is 19.4. The molecule has 61 heavy (non-hydrogen) atoms. The van der Waals surface area contributed by atoms with Crippen molar-refractivity contribution in [2.24, 2.45) is 7.05 Å².